The Bertz CT molecular complexity index is 458. The molecule has 1 aromatic carbocycles. The first-order valence-electron chi connectivity index (χ1n) is 6.32. The maximum absolute atomic E-state index is 11.7. The molecule has 0 radical (unpaired) electrons. The van der Waals surface area contributed by atoms with E-state index in [4.69, 9.17) is 0 Å². The Kier molecular flexibility index (Phi) is 5.85. The number of aryl methyl sites for hydroxylation is 1. The molecule has 0 aliphatic heterocycles. The van der Waals surface area contributed by atoms with Crippen molar-refractivity contribution in [1.82, 2.24) is 5.32 Å². The highest BCUT2D eigenvalue weighted by atomic mass is 16.5. The van der Waals surface area contributed by atoms with Gasteiger partial charge in [0.15, 0.2) is 0 Å². The molecule has 0 saturated carbocycles. The van der Waals surface area contributed by atoms with Crippen molar-refractivity contribution in [1.29, 1.82) is 0 Å². The van der Waals surface area contributed by atoms with Gasteiger partial charge in [-0.05, 0) is 31.0 Å². The Morgan fingerprint density at radius 1 is 1.32 bits per heavy atom. The summed E-state index contributed by atoms with van der Waals surface area (Å²) in [4.78, 5) is 23.3. The summed E-state index contributed by atoms with van der Waals surface area (Å²) in [5, 5.41) is 5.41. The van der Waals surface area contributed by atoms with Gasteiger partial charge in [0.1, 0.15) is 0 Å². The topological polar surface area (TPSA) is 67.4 Å². The van der Waals surface area contributed by atoms with E-state index in [0.717, 1.165) is 18.4 Å². The third-order valence-corrected chi connectivity index (χ3v) is 2.64. The number of esters is 1. The molecule has 0 aliphatic rings. The first-order chi connectivity index (χ1) is 9.08. The molecule has 0 unspecified atom stereocenters. The first kappa shape index (κ1) is 15.0. The van der Waals surface area contributed by atoms with E-state index in [1.165, 1.54) is 7.11 Å². The van der Waals surface area contributed by atoms with Gasteiger partial charge in [-0.15, -0.1) is 0 Å². The van der Waals surface area contributed by atoms with Crippen molar-refractivity contribution in [3.63, 3.8) is 0 Å². The SMILES string of the molecule is CCCCNC(=O)Nc1cc(C)ccc1C(=O)OC. The molecular formula is C14H20N2O3. The largest absolute Gasteiger partial charge is 0.465 e. The van der Waals surface area contributed by atoms with Crippen LogP contribution in [0.2, 0.25) is 0 Å². The zero-order valence-corrected chi connectivity index (χ0v) is 11.6. The van der Waals surface area contributed by atoms with Crippen LogP contribution in [-0.2, 0) is 4.74 Å². The summed E-state index contributed by atoms with van der Waals surface area (Å²) in [6, 6.07) is 4.87. The predicted octanol–water partition coefficient (Wildman–Crippen LogP) is 2.70. The molecule has 0 heterocycles. The van der Waals surface area contributed by atoms with Gasteiger partial charge in [0.2, 0.25) is 0 Å². The number of amides is 2. The smallest absolute Gasteiger partial charge is 0.339 e. The van der Waals surface area contributed by atoms with Crippen molar-refractivity contribution in [2.75, 3.05) is 19.0 Å². The zero-order chi connectivity index (χ0) is 14.3. The first-order valence-corrected chi connectivity index (χ1v) is 6.32. The lowest BCUT2D eigenvalue weighted by atomic mass is 10.1. The summed E-state index contributed by atoms with van der Waals surface area (Å²) in [5.41, 5.74) is 1.76. The summed E-state index contributed by atoms with van der Waals surface area (Å²) in [5.74, 6) is -0.469. The van der Waals surface area contributed by atoms with Crippen LogP contribution in [0.15, 0.2) is 18.2 Å². The number of ether oxygens (including phenoxy) is 1. The van der Waals surface area contributed by atoms with Gasteiger partial charge < -0.3 is 15.4 Å². The fourth-order valence-corrected chi connectivity index (χ4v) is 1.59. The molecular weight excluding hydrogens is 244 g/mol. The maximum Gasteiger partial charge on any atom is 0.339 e. The van der Waals surface area contributed by atoms with Crippen LogP contribution >= 0.6 is 0 Å². The highest BCUT2D eigenvalue weighted by Crippen LogP contribution is 2.18. The Labute approximate surface area is 113 Å². The second-order valence-electron chi connectivity index (χ2n) is 4.28. The number of anilines is 1. The van der Waals surface area contributed by atoms with Crippen LogP contribution in [0.4, 0.5) is 10.5 Å². The number of unbranched alkanes of at least 4 members (excludes halogenated alkanes) is 1. The lowest BCUT2D eigenvalue weighted by molar-refractivity contribution is 0.0602. The average molecular weight is 264 g/mol. The Hall–Kier alpha value is -2.04. The fraction of sp³-hybridized carbons (Fsp3) is 0.429. The van der Waals surface area contributed by atoms with E-state index >= 15 is 0 Å². The fourth-order valence-electron chi connectivity index (χ4n) is 1.59. The van der Waals surface area contributed by atoms with Crippen LogP contribution in [0.3, 0.4) is 0 Å². The molecule has 1 aromatic rings. The number of hydrogen-bond acceptors (Lipinski definition) is 3. The molecule has 2 amide bonds. The molecule has 0 aromatic heterocycles. The van der Waals surface area contributed by atoms with Crippen LogP contribution in [0, 0.1) is 6.92 Å². The van der Waals surface area contributed by atoms with Crippen LogP contribution in [0.25, 0.3) is 0 Å². The average Bonchev–Trinajstić information content (AvgIpc) is 2.38. The highest BCUT2D eigenvalue weighted by Gasteiger charge is 2.13. The summed E-state index contributed by atoms with van der Waals surface area (Å²) in [6.07, 6.45) is 1.93. The standard InChI is InChI=1S/C14H20N2O3/c1-4-5-8-15-14(18)16-12-9-10(2)6-7-11(12)13(17)19-3/h6-7,9H,4-5,8H2,1-3H3,(H2,15,16,18). The molecule has 0 fully saturated rings. The van der Waals surface area contributed by atoms with Gasteiger partial charge in [0.25, 0.3) is 0 Å². The van der Waals surface area contributed by atoms with E-state index in [2.05, 4.69) is 22.3 Å². The molecule has 19 heavy (non-hydrogen) atoms. The van der Waals surface area contributed by atoms with E-state index in [-0.39, 0.29) is 6.03 Å². The minimum atomic E-state index is -0.469. The van der Waals surface area contributed by atoms with Crippen molar-refractivity contribution >= 4 is 17.7 Å². The van der Waals surface area contributed by atoms with E-state index in [0.29, 0.717) is 17.8 Å². The lowest BCUT2D eigenvalue weighted by Crippen LogP contribution is -2.30. The van der Waals surface area contributed by atoms with Gasteiger partial charge in [-0.1, -0.05) is 19.4 Å². The van der Waals surface area contributed by atoms with Crippen LogP contribution in [0.5, 0.6) is 0 Å². The van der Waals surface area contributed by atoms with Crippen molar-refractivity contribution in [2.45, 2.75) is 26.7 Å². The summed E-state index contributed by atoms with van der Waals surface area (Å²) in [7, 11) is 1.31. The minimum Gasteiger partial charge on any atom is -0.465 e. The number of carbonyl (C=O) groups is 2. The molecule has 0 saturated heterocycles. The highest BCUT2D eigenvalue weighted by molar-refractivity contribution is 6.00. The molecule has 1 rings (SSSR count). The number of methoxy groups -OCH3 is 1. The number of nitrogens with one attached hydrogen (secondary N) is 2. The Balaban J connectivity index is 2.78. The van der Waals surface area contributed by atoms with Gasteiger partial charge in [-0.2, -0.15) is 0 Å². The van der Waals surface area contributed by atoms with Crippen LogP contribution in [-0.4, -0.2) is 25.7 Å². The van der Waals surface area contributed by atoms with Gasteiger partial charge in [0.05, 0.1) is 18.4 Å². The summed E-state index contributed by atoms with van der Waals surface area (Å²) < 4.78 is 4.69. The summed E-state index contributed by atoms with van der Waals surface area (Å²) in [6.45, 7) is 4.55. The molecule has 0 spiro atoms. The molecule has 104 valence electrons. The van der Waals surface area contributed by atoms with E-state index < -0.39 is 5.97 Å². The molecule has 5 nitrogen and oxygen atoms in total. The van der Waals surface area contributed by atoms with Crippen molar-refractivity contribution in [3.8, 4) is 0 Å². The molecule has 0 bridgehead atoms. The zero-order valence-electron chi connectivity index (χ0n) is 11.6. The van der Waals surface area contributed by atoms with Gasteiger partial charge in [-0.3, -0.25) is 0 Å². The quantitative estimate of drug-likeness (QED) is 0.634. The van der Waals surface area contributed by atoms with Gasteiger partial charge in [0, 0.05) is 6.54 Å². The van der Waals surface area contributed by atoms with Crippen molar-refractivity contribution in [2.24, 2.45) is 0 Å². The number of urea groups is 1. The molecule has 5 heteroatoms. The predicted molar refractivity (Wildman–Crippen MR) is 74.4 cm³/mol. The monoisotopic (exact) mass is 264 g/mol. The van der Waals surface area contributed by atoms with E-state index in [1.54, 1.807) is 18.2 Å². The number of benzene rings is 1. The number of hydrogen-bond donors (Lipinski definition) is 2. The molecule has 2 N–H and O–H groups in total. The maximum atomic E-state index is 11.7. The molecule has 0 atom stereocenters. The second kappa shape index (κ2) is 7.41. The summed E-state index contributed by atoms with van der Waals surface area (Å²) >= 11 is 0. The van der Waals surface area contributed by atoms with Gasteiger partial charge >= 0.3 is 12.0 Å². The Morgan fingerprint density at radius 2 is 2.05 bits per heavy atom. The minimum absolute atomic E-state index is 0.316. The number of rotatable bonds is 5. The number of carbonyl (C=O) groups excluding carboxylic acids is 2. The van der Waals surface area contributed by atoms with E-state index in [1.807, 2.05) is 6.92 Å². The van der Waals surface area contributed by atoms with Crippen LogP contribution < -0.4 is 10.6 Å². The van der Waals surface area contributed by atoms with Crippen molar-refractivity contribution in [3.05, 3.63) is 29.3 Å². The lowest BCUT2D eigenvalue weighted by Gasteiger charge is -2.11. The van der Waals surface area contributed by atoms with Crippen LogP contribution in [0.1, 0.15) is 35.7 Å². The molecule has 0 aliphatic carbocycles. The van der Waals surface area contributed by atoms with E-state index in [9.17, 15) is 9.59 Å². The Morgan fingerprint density at radius 3 is 2.68 bits per heavy atom. The second-order valence-corrected chi connectivity index (χ2v) is 4.28. The normalized spacial score (nSPS) is 9.84. The third kappa shape index (κ3) is 4.62. The van der Waals surface area contributed by atoms with Gasteiger partial charge in [-0.25, -0.2) is 9.59 Å². The third-order valence-electron chi connectivity index (χ3n) is 2.64. The van der Waals surface area contributed by atoms with Crippen molar-refractivity contribution < 1.29 is 14.3 Å².